The van der Waals surface area contributed by atoms with Crippen molar-refractivity contribution in [3.8, 4) is 11.5 Å². The lowest BCUT2D eigenvalue weighted by atomic mass is 10.1. The van der Waals surface area contributed by atoms with E-state index in [2.05, 4.69) is 0 Å². The molecule has 1 N–H and O–H groups in total. The number of carbonyl (C=O) groups is 2. The molecule has 1 amide bonds. The Morgan fingerprint density at radius 2 is 1.81 bits per heavy atom. The molecule has 2 rings (SSSR count). The average molecular weight is 293 g/mol. The van der Waals surface area contributed by atoms with Crippen LogP contribution >= 0.6 is 0 Å². The molecule has 1 aliphatic rings. The van der Waals surface area contributed by atoms with Gasteiger partial charge in [0.15, 0.2) is 11.5 Å². The van der Waals surface area contributed by atoms with Crippen LogP contribution in [0.4, 0.5) is 0 Å². The molecule has 0 aromatic heterocycles. The zero-order valence-corrected chi connectivity index (χ0v) is 12.3. The molecular weight excluding hydrogens is 274 g/mol. The zero-order valence-electron chi connectivity index (χ0n) is 12.3. The third-order valence-corrected chi connectivity index (χ3v) is 3.30. The van der Waals surface area contributed by atoms with Crippen molar-refractivity contribution in [2.45, 2.75) is 39.0 Å². The van der Waals surface area contributed by atoms with Crippen molar-refractivity contribution < 1.29 is 24.2 Å². The van der Waals surface area contributed by atoms with E-state index in [4.69, 9.17) is 14.6 Å². The van der Waals surface area contributed by atoms with Crippen molar-refractivity contribution in [1.29, 1.82) is 0 Å². The third-order valence-electron chi connectivity index (χ3n) is 3.30. The Morgan fingerprint density at radius 3 is 2.33 bits per heavy atom. The number of hydrogen-bond donors (Lipinski definition) is 1. The first-order chi connectivity index (χ1) is 9.90. The first-order valence-corrected chi connectivity index (χ1v) is 6.84. The maximum atomic E-state index is 12.6. The summed E-state index contributed by atoms with van der Waals surface area (Å²) >= 11 is 0. The van der Waals surface area contributed by atoms with Gasteiger partial charge in [-0.15, -0.1) is 0 Å². The topological polar surface area (TPSA) is 76.1 Å². The summed E-state index contributed by atoms with van der Waals surface area (Å²) in [5.41, 5.74) is 0. The quantitative estimate of drug-likeness (QED) is 0.911. The summed E-state index contributed by atoms with van der Waals surface area (Å²) in [5, 5.41) is 8.94. The van der Waals surface area contributed by atoms with Crippen molar-refractivity contribution >= 4 is 11.9 Å². The lowest BCUT2D eigenvalue weighted by molar-refractivity contribution is -0.153. The highest BCUT2D eigenvalue weighted by Gasteiger charge is 2.38. The van der Waals surface area contributed by atoms with Gasteiger partial charge in [-0.05, 0) is 32.9 Å². The van der Waals surface area contributed by atoms with Crippen molar-refractivity contribution in [1.82, 2.24) is 4.90 Å². The van der Waals surface area contributed by atoms with E-state index in [-0.39, 0.29) is 18.5 Å². The molecule has 0 spiro atoms. The summed E-state index contributed by atoms with van der Waals surface area (Å²) in [6, 6.07) is 6.86. The number of amides is 1. The number of carboxylic acid groups (broad SMARTS) is 1. The fraction of sp³-hybridized carbons (Fsp3) is 0.467. The first-order valence-electron chi connectivity index (χ1n) is 6.84. The Hall–Kier alpha value is -2.24. The molecule has 6 heteroatoms. The second-order valence-electron chi connectivity index (χ2n) is 5.26. The highest BCUT2D eigenvalue weighted by molar-refractivity contribution is 5.86. The SMILES string of the molecule is CC1Oc2ccccc2OC1C(=O)N(CC(=O)O)C(C)C. The Labute approximate surface area is 123 Å². The van der Waals surface area contributed by atoms with Crippen molar-refractivity contribution in [2.24, 2.45) is 0 Å². The normalized spacial score (nSPS) is 20.2. The van der Waals surface area contributed by atoms with Gasteiger partial charge in [-0.3, -0.25) is 9.59 Å². The summed E-state index contributed by atoms with van der Waals surface area (Å²) in [6.45, 7) is 4.91. The van der Waals surface area contributed by atoms with Gasteiger partial charge in [0.2, 0.25) is 6.10 Å². The van der Waals surface area contributed by atoms with Crippen LogP contribution in [0.25, 0.3) is 0 Å². The maximum Gasteiger partial charge on any atom is 0.323 e. The minimum atomic E-state index is -1.05. The first kappa shape index (κ1) is 15.2. The number of carbonyl (C=O) groups excluding carboxylic acids is 1. The smallest absolute Gasteiger partial charge is 0.323 e. The van der Waals surface area contributed by atoms with E-state index in [1.807, 2.05) is 6.07 Å². The summed E-state index contributed by atoms with van der Waals surface area (Å²) < 4.78 is 11.4. The van der Waals surface area contributed by atoms with E-state index >= 15 is 0 Å². The number of ether oxygens (including phenoxy) is 2. The highest BCUT2D eigenvalue weighted by atomic mass is 16.6. The van der Waals surface area contributed by atoms with E-state index in [0.29, 0.717) is 11.5 Å². The lowest BCUT2D eigenvalue weighted by Gasteiger charge is -2.35. The van der Waals surface area contributed by atoms with Crippen LogP contribution in [-0.2, 0) is 9.59 Å². The van der Waals surface area contributed by atoms with Crippen molar-refractivity contribution in [3.63, 3.8) is 0 Å². The Bertz CT molecular complexity index is 543. The molecular formula is C15H19NO5. The molecule has 0 fully saturated rings. The number of hydrogen-bond acceptors (Lipinski definition) is 4. The van der Waals surface area contributed by atoms with Gasteiger partial charge in [-0.2, -0.15) is 0 Å². The number of rotatable bonds is 4. The number of para-hydroxylation sites is 2. The summed E-state index contributed by atoms with van der Waals surface area (Å²) in [5.74, 6) is -0.354. The molecule has 2 atom stereocenters. The maximum absolute atomic E-state index is 12.6. The third kappa shape index (κ3) is 3.26. The van der Waals surface area contributed by atoms with Crippen molar-refractivity contribution in [2.75, 3.05) is 6.54 Å². The number of carboxylic acids is 1. The highest BCUT2D eigenvalue weighted by Crippen LogP contribution is 2.34. The Balaban J connectivity index is 2.20. The molecule has 2 unspecified atom stereocenters. The molecule has 0 saturated heterocycles. The zero-order chi connectivity index (χ0) is 15.6. The number of fused-ring (bicyclic) bond motifs is 1. The molecule has 0 saturated carbocycles. The van der Waals surface area contributed by atoms with Gasteiger partial charge in [0, 0.05) is 6.04 Å². The van der Waals surface area contributed by atoms with Crippen LogP contribution in [0.1, 0.15) is 20.8 Å². The van der Waals surface area contributed by atoms with Gasteiger partial charge in [-0.1, -0.05) is 12.1 Å². The molecule has 21 heavy (non-hydrogen) atoms. The van der Waals surface area contributed by atoms with Gasteiger partial charge < -0.3 is 19.5 Å². The molecule has 0 bridgehead atoms. The van der Waals surface area contributed by atoms with E-state index < -0.39 is 18.2 Å². The van der Waals surface area contributed by atoms with Gasteiger partial charge in [0.25, 0.3) is 5.91 Å². The largest absolute Gasteiger partial charge is 0.482 e. The number of aliphatic carboxylic acids is 1. The Morgan fingerprint density at radius 1 is 1.24 bits per heavy atom. The molecule has 1 aromatic carbocycles. The van der Waals surface area contributed by atoms with E-state index in [1.165, 1.54) is 4.90 Å². The van der Waals surface area contributed by atoms with Crippen LogP contribution in [0.3, 0.4) is 0 Å². The van der Waals surface area contributed by atoms with Crippen LogP contribution < -0.4 is 9.47 Å². The summed E-state index contributed by atoms with van der Waals surface area (Å²) in [4.78, 5) is 24.7. The van der Waals surface area contributed by atoms with Crippen molar-refractivity contribution in [3.05, 3.63) is 24.3 Å². The van der Waals surface area contributed by atoms with Gasteiger partial charge >= 0.3 is 5.97 Å². The minimum absolute atomic E-state index is 0.235. The van der Waals surface area contributed by atoms with Crippen LogP contribution in [0.15, 0.2) is 24.3 Å². The predicted molar refractivity (Wildman–Crippen MR) is 75.4 cm³/mol. The Kier molecular flexibility index (Phi) is 4.35. The molecule has 1 aliphatic heterocycles. The molecule has 6 nitrogen and oxygen atoms in total. The molecule has 1 aromatic rings. The number of nitrogens with zero attached hydrogens (tertiary/aromatic N) is 1. The fourth-order valence-electron chi connectivity index (χ4n) is 2.21. The summed E-state index contributed by atoms with van der Waals surface area (Å²) in [6.07, 6.45) is -1.33. The van der Waals surface area contributed by atoms with Crippen LogP contribution in [0, 0.1) is 0 Å². The molecule has 1 heterocycles. The van der Waals surface area contributed by atoms with Crippen LogP contribution in [-0.4, -0.2) is 46.7 Å². The van der Waals surface area contributed by atoms with Crippen LogP contribution in [0.2, 0.25) is 0 Å². The summed E-state index contributed by atoms with van der Waals surface area (Å²) in [7, 11) is 0. The fourth-order valence-corrected chi connectivity index (χ4v) is 2.21. The monoisotopic (exact) mass is 293 g/mol. The standard InChI is InChI=1S/C15H19NO5/c1-9(2)16(8-13(17)18)15(19)14-10(3)20-11-6-4-5-7-12(11)21-14/h4-7,9-10,14H,8H2,1-3H3,(H,17,18). The molecule has 114 valence electrons. The van der Waals surface area contributed by atoms with E-state index in [1.54, 1.807) is 39.0 Å². The van der Waals surface area contributed by atoms with Gasteiger partial charge in [0.05, 0.1) is 0 Å². The second kappa shape index (κ2) is 6.03. The lowest BCUT2D eigenvalue weighted by Crippen LogP contribution is -2.53. The second-order valence-corrected chi connectivity index (χ2v) is 5.26. The van der Waals surface area contributed by atoms with E-state index in [9.17, 15) is 9.59 Å². The van der Waals surface area contributed by atoms with Gasteiger partial charge in [0.1, 0.15) is 12.6 Å². The average Bonchev–Trinajstić information content (AvgIpc) is 2.42. The van der Waals surface area contributed by atoms with E-state index in [0.717, 1.165) is 0 Å². The minimum Gasteiger partial charge on any atom is -0.482 e. The van der Waals surface area contributed by atoms with Gasteiger partial charge in [-0.25, -0.2) is 0 Å². The number of benzene rings is 1. The van der Waals surface area contributed by atoms with Crippen LogP contribution in [0.5, 0.6) is 11.5 Å². The molecule has 0 radical (unpaired) electrons. The predicted octanol–water partition coefficient (Wildman–Crippen LogP) is 1.54. The molecule has 0 aliphatic carbocycles.